The molecule has 1 radical (unpaired) electrons. The van der Waals surface area contributed by atoms with Crippen LogP contribution in [0.4, 0.5) is 45.5 Å². The van der Waals surface area contributed by atoms with Gasteiger partial charge in [0, 0.05) is 22.9 Å². The predicted molar refractivity (Wildman–Crippen MR) is 206 cm³/mol. The van der Waals surface area contributed by atoms with Crippen LogP contribution in [0.1, 0.15) is 0 Å². The summed E-state index contributed by atoms with van der Waals surface area (Å²) in [6.07, 6.45) is 0. The molecule has 6 rings (SSSR count). The molecule has 6 aromatic rings. The first-order chi connectivity index (χ1) is 26.4. The van der Waals surface area contributed by atoms with E-state index in [1.54, 1.807) is 12.1 Å². The molecule has 0 saturated carbocycles. The Kier molecular flexibility index (Phi) is 13.2. The second-order valence-corrected chi connectivity index (χ2v) is 15.1. The Morgan fingerprint density at radius 3 is 1.25 bits per heavy atom. The van der Waals surface area contributed by atoms with Gasteiger partial charge in [0.05, 0.1) is 43.1 Å². The molecule has 0 aliphatic heterocycles. The van der Waals surface area contributed by atoms with Gasteiger partial charge in [0.25, 0.3) is 11.4 Å². The van der Waals surface area contributed by atoms with Gasteiger partial charge in [-0.2, -0.15) is 10.2 Å². The van der Waals surface area contributed by atoms with Crippen LogP contribution in [0.25, 0.3) is 33.0 Å². The number of nitrogens with one attached hydrogen (secondary N) is 4. The van der Waals surface area contributed by atoms with Gasteiger partial charge < -0.3 is 21.7 Å². The van der Waals surface area contributed by atoms with Crippen molar-refractivity contribution >= 4 is 87.1 Å². The molecular formula is C34H28CoN10O10S2. The first kappa shape index (κ1) is 43.1. The minimum absolute atomic E-state index is 0. The monoisotopic (exact) mass is 859 g/mol. The van der Waals surface area contributed by atoms with E-state index in [4.69, 9.17) is 11.5 Å². The largest absolute Gasteiger partial charge is 2.00 e. The van der Waals surface area contributed by atoms with E-state index in [1.165, 1.54) is 86.9 Å². The van der Waals surface area contributed by atoms with Crippen LogP contribution in [0.15, 0.2) is 127 Å². The molecule has 20 nitrogen and oxygen atoms in total. The number of phenolic OH excluding ortho intramolecular Hbond substituents is 2. The van der Waals surface area contributed by atoms with E-state index < -0.39 is 41.4 Å². The SMILES string of the molecule is CNS(=O)(=O)c1ccc2c(N=Nc3ccc([N+](=O)[O-])cc3O)c([NH-])ccc2c1.CNS(=O)(=O)c1ccc2c(N=Nc3ccc([N+](=O)[O-])cc3O)c([NH-])ccc2c1.[Co+2]. The second-order valence-electron chi connectivity index (χ2n) is 11.4. The summed E-state index contributed by atoms with van der Waals surface area (Å²) in [5, 5.41) is 59.0. The Morgan fingerprint density at radius 2 is 0.930 bits per heavy atom. The van der Waals surface area contributed by atoms with Crippen molar-refractivity contribution in [1.82, 2.24) is 9.44 Å². The molecule has 0 spiro atoms. The van der Waals surface area contributed by atoms with E-state index in [2.05, 4.69) is 29.9 Å². The quantitative estimate of drug-likeness (QED) is 0.0575. The number of hydrogen-bond acceptors (Lipinski definition) is 14. The smallest absolute Gasteiger partial charge is 0.697 e. The number of nitro benzene ring substituents is 2. The van der Waals surface area contributed by atoms with Crippen LogP contribution in [0.2, 0.25) is 0 Å². The number of nitrogens with zero attached hydrogens (tertiary/aromatic N) is 6. The molecule has 0 saturated heterocycles. The Labute approximate surface area is 333 Å². The van der Waals surface area contributed by atoms with E-state index in [0.717, 1.165) is 12.1 Å². The fourth-order valence-corrected chi connectivity index (χ4v) is 6.53. The molecule has 0 amide bonds. The van der Waals surface area contributed by atoms with Gasteiger partial charge in [0.1, 0.15) is 22.9 Å². The van der Waals surface area contributed by atoms with Crippen molar-refractivity contribution in [2.45, 2.75) is 9.79 Å². The minimum atomic E-state index is -3.62. The molecule has 23 heteroatoms. The van der Waals surface area contributed by atoms with Gasteiger partial charge in [-0.1, -0.05) is 36.4 Å². The molecule has 57 heavy (non-hydrogen) atoms. The molecule has 0 heterocycles. The van der Waals surface area contributed by atoms with Crippen LogP contribution >= 0.6 is 0 Å². The van der Waals surface area contributed by atoms with Crippen molar-refractivity contribution in [2.75, 3.05) is 14.1 Å². The summed E-state index contributed by atoms with van der Waals surface area (Å²) < 4.78 is 52.3. The number of sulfonamides is 2. The molecule has 0 aliphatic carbocycles. The van der Waals surface area contributed by atoms with E-state index in [-0.39, 0.29) is 72.1 Å². The minimum Gasteiger partial charge on any atom is -0.697 e. The van der Waals surface area contributed by atoms with E-state index >= 15 is 0 Å². The zero-order valence-corrected chi connectivity index (χ0v) is 31.9. The van der Waals surface area contributed by atoms with Crippen molar-refractivity contribution in [3.8, 4) is 11.5 Å². The van der Waals surface area contributed by atoms with Gasteiger partial charge >= 0.3 is 16.8 Å². The van der Waals surface area contributed by atoms with Crippen LogP contribution in [0.3, 0.4) is 0 Å². The first-order valence-corrected chi connectivity index (χ1v) is 18.6. The topological polar surface area (TPSA) is 316 Å². The molecule has 6 N–H and O–H groups in total. The summed E-state index contributed by atoms with van der Waals surface area (Å²) in [6, 6.07) is 21.5. The second kappa shape index (κ2) is 17.4. The van der Waals surface area contributed by atoms with Crippen molar-refractivity contribution in [3.63, 3.8) is 0 Å². The predicted octanol–water partition coefficient (Wildman–Crippen LogP) is 8.92. The third-order valence-corrected chi connectivity index (χ3v) is 10.8. The fourth-order valence-electron chi connectivity index (χ4n) is 5.00. The molecule has 0 unspecified atom stereocenters. The molecular weight excluding hydrogens is 832 g/mol. The molecule has 295 valence electrons. The Morgan fingerprint density at radius 1 is 0.561 bits per heavy atom. The summed E-state index contributed by atoms with van der Waals surface area (Å²) >= 11 is 0. The number of rotatable bonds is 10. The average Bonchev–Trinajstić information content (AvgIpc) is 3.17. The third-order valence-electron chi connectivity index (χ3n) is 7.94. The van der Waals surface area contributed by atoms with Crippen molar-refractivity contribution in [2.24, 2.45) is 20.5 Å². The summed E-state index contributed by atoms with van der Waals surface area (Å²) in [7, 11) is -4.63. The van der Waals surface area contributed by atoms with Crippen LogP contribution in [0.5, 0.6) is 11.5 Å². The maximum atomic E-state index is 12.0. The zero-order chi connectivity index (χ0) is 40.9. The van der Waals surface area contributed by atoms with Gasteiger partial charge in [0.15, 0.2) is 0 Å². The third kappa shape index (κ3) is 9.61. The first-order valence-electron chi connectivity index (χ1n) is 15.7. The van der Waals surface area contributed by atoms with Crippen molar-refractivity contribution < 1.29 is 53.7 Å². The molecule has 6 aromatic carbocycles. The fraction of sp³-hybridized carbons (Fsp3) is 0.0588. The van der Waals surface area contributed by atoms with Crippen molar-refractivity contribution in [1.29, 1.82) is 0 Å². The van der Waals surface area contributed by atoms with Gasteiger partial charge in [0.2, 0.25) is 20.0 Å². The summed E-state index contributed by atoms with van der Waals surface area (Å²) in [5.74, 6) is -0.848. The molecule has 0 aromatic heterocycles. The van der Waals surface area contributed by atoms with Crippen LogP contribution < -0.4 is 9.44 Å². The Hall–Kier alpha value is -6.63. The number of aromatic hydroxyl groups is 2. The number of nitro groups is 2. The molecule has 0 bridgehead atoms. The molecule has 0 fully saturated rings. The molecule has 0 aliphatic rings. The standard InChI is InChI=1S/2C17H14N5O5S.Co/c2*1-19-28(26,27)12-4-5-13-10(8-12)2-6-14(18)17(13)21-20-15-7-3-11(22(24)25)9-16(15)23;/h2*2-9,19H,1H3,(H2-,18,20,21,23);/q2*-1;+2. The van der Waals surface area contributed by atoms with Gasteiger partial charge in [-0.05, 0) is 61.3 Å². The van der Waals surface area contributed by atoms with Gasteiger partial charge in [-0.3, -0.25) is 20.2 Å². The normalized spacial score (nSPS) is 11.7. The number of fused-ring (bicyclic) bond motifs is 2. The number of hydrogen-bond donors (Lipinski definition) is 4. The van der Waals surface area contributed by atoms with E-state index in [0.29, 0.717) is 21.5 Å². The van der Waals surface area contributed by atoms with E-state index in [1.807, 2.05) is 0 Å². The summed E-state index contributed by atoms with van der Waals surface area (Å²) in [4.78, 5) is 20.3. The van der Waals surface area contributed by atoms with Gasteiger partial charge in [-0.15, -0.1) is 21.6 Å². The Bertz CT molecular complexity index is 2650. The number of benzene rings is 6. The van der Waals surface area contributed by atoms with Crippen LogP contribution in [0, 0.1) is 20.2 Å². The zero-order valence-electron chi connectivity index (χ0n) is 29.2. The number of non-ortho nitro benzene ring substituents is 2. The maximum Gasteiger partial charge on any atom is 2.00 e. The maximum absolute atomic E-state index is 12.0. The van der Waals surface area contributed by atoms with Gasteiger partial charge in [-0.25, -0.2) is 26.3 Å². The number of azo groups is 2. The van der Waals surface area contributed by atoms with E-state index in [9.17, 15) is 47.3 Å². The van der Waals surface area contributed by atoms with Crippen LogP contribution in [-0.2, 0) is 36.8 Å². The summed E-state index contributed by atoms with van der Waals surface area (Å²) in [6.45, 7) is 0. The number of phenols is 2. The average molecular weight is 860 g/mol. The van der Waals surface area contributed by atoms with Crippen molar-refractivity contribution in [3.05, 3.63) is 129 Å². The Balaban J connectivity index is 0.000000248. The summed E-state index contributed by atoms with van der Waals surface area (Å²) in [5.41, 5.74) is 15.9. The van der Waals surface area contributed by atoms with Crippen LogP contribution in [-0.4, -0.2) is 51.0 Å². The molecule has 0 atom stereocenters.